The van der Waals surface area contributed by atoms with Crippen LogP contribution in [0.1, 0.15) is 12.8 Å². The third-order valence-electron chi connectivity index (χ3n) is 1.79. The van der Waals surface area contributed by atoms with Crippen molar-refractivity contribution in [3.05, 3.63) is 12.2 Å². The van der Waals surface area contributed by atoms with E-state index in [2.05, 4.69) is 12.2 Å². The summed E-state index contributed by atoms with van der Waals surface area (Å²) in [5.74, 6) is 0. The number of nitrogens with two attached hydrogens (primary N) is 1. The first-order chi connectivity index (χ1) is 3.95. The van der Waals surface area contributed by atoms with Gasteiger partial charge in [-0.15, -0.1) is 0 Å². The molecule has 0 aromatic carbocycles. The molecule has 0 radical (unpaired) electrons. The molecule has 1 aliphatic carbocycles. The number of rotatable bonds is 0. The van der Waals surface area contributed by atoms with E-state index >= 15 is 0 Å². The number of halogens is 1. The van der Waals surface area contributed by atoms with Gasteiger partial charge >= 0.3 is 0 Å². The van der Waals surface area contributed by atoms with Gasteiger partial charge in [-0.2, -0.15) is 10.3 Å². The molecule has 0 saturated carbocycles. The van der Waals surface area contributed by atoms with E-state index in [0.29, 0.717) is 12.1 Å². The van der Waals surface area contributed by atoms with Crippen LogP contribution in [0.4, 0.5) is 0 Å². The lowest BCUT2D eigenvalue weighted by molar-refractivity contribution is -0.928. The molecule has 1 fully saturated rings. The Bertz CT molecular complexity index is 104. The molecule has 2 atom stereocenters. The quantitative estimate of drug-likeness (QED) is 0.355. The average molecular weight is 148 g/mol. The Labute approximate surface area is 60.6 Å². The van der Waals surface area contributed by atoms with Crippen LogP contribution in [0.3, 0.4) is 0 Å². The number of hydrogen-bond donors (Lipinski definition) is 1. The maximum Gasteiger partial charge on any atom is 0.135 e. The first-order valence-corrected chi connectivity index (χ1v) is 3.12. The Balaban J connectivity index is 0.000000405. The minimum Gasteiger partial charge on any atom is -1.00 e. The van der Waals surface area contributed by atoms with Gasteiger partial charge < -0.3 is 12.4 Å². The molecule has 2 N–H and O–H groups in total. The second kappa shape index (κ2) is 2.69. The number of quaternary nitrogens is 1. The third kappa shape index (κ3) is 1.26. The van der Waals surface area contributed by atoms with Crippen molar-refractivity contribution in [1.29, 1.82) is 0 Å². The van der Waals surface area contributed by atoms with Crippen LogP contribution in [0.25, 0.3) is 0 Å². The largest absolute Gasteiger partial charge is 1.00 e. The van der Waals surface area contributed by atoms with Gasteiger partial charge in [-0.05, 0) is 18.6 Å². The zero-order valence-electron chi connectivity index (χ0n) is 5.09. The average Bonchev–Trinajstić information content (AvgIpc) is 1.92. The van der Waals surface area contributed by atoms with Crippen molar-refractivity contribution in [1.82, 2.24) is 0 Å². The van der Waals surface area contributed by atoms with E-state index in [4.69, 9.17) is 4.84 Å². The monoisotopic (exact) mass is 147 g/mol. The standard InChI is InChI=1S/C6H9NO.ClH/c1-3-6-4-2-5(1)7-8-6;/h1,3,5-7H,2,4H2;1H/t5-,6+;/m0./s1. The first kappa shape index (κ1) is 7.06. The fourth-order valence-corrected chi connectivity index (χ4v) is 1.24. The highest BCUT2D eigenvalue weighted by Gasteiger charge is 2.26. The van der Waals surface area contributed by atoms with Gasteiger partial charge in [-0.25, -0.2) is 0 Å². The molecule has 2 bridgehead atoms. The molecule has 3 heteroatoms. The molecule has 1 saturated heterocycles. The molecule has 2 aliphatic heterocycles. The normalized spacial score (nSPS) is 38.2. The molecule has 0 spiro atoms. The lowest BCUT2D eigenvalue weighted by Crippen LogP contribution is -3.00. The van der Waals surface area contributed by atoms with Crippen LogP contribution >= 0.6 is 0 Å². The van der Waals surface area contributed by atoms with Crippen molar-refractivity contribution in [3.8, 4) is 0 Å². The van der Waals surface area contributed by atoms with Crippen LogP contribution < -0.4 is 17.9 Å². The van der Waals surface area contributed by atoms with Crippen LogP contribution in [0.2, 0.25) is 0 Å². The summed E-state index contributed by atoms with van der Waals surface area (Å²) < 4.78 is 0. The Kier molecular flexibility index (Phi) is 2.11. The highest BCUT2D eigenvalue weighted by Crippen LogP contribution is 2.13. The van der Waals surface area contributed by atoms with Gasteiger partial charge in [0.25, 0.3) is 0 Å². The Morgan fingerprint density at radius 3 is 2.33 bits per heavy atom. The van der Waals surface area contributed by atoms with Gasteiger partial charge in [0, 0.05) is 6.42 Å². The highest BCUT2D eigenvalue weighted by atomic mass is 35.5. The van der Waals surface area contributed by atoms with Crippen LogP contribution in [0.5, 0.6) is 0 Å². The molecule has 52 valence electrons. The van der Waals surface area contributed by atoms with Gasteiger partial charge in [0.1, 0.15) is 12.1 Å². The van der Waals surface area contributed by atoms with Crippen LogP contribution in [0.15, 0.2) is 12.2 Å². The first-order valence-electron chi connectivity index (χ1n) is 3.12. The van der Waals surface area contributed by atoms with E-state index < -0.39 is 0 Å². The molecule has 2 heterocycles. The predicted octanol–water partition coefficient (Wildman–Crippen LogP) is -3.41. The van der Waals surface area contributed by atoms with Gasteiger partial charge in [-0.3, -0.25) is 0 Å². The maximum absolute atomic E-state index is 5.27. The Morgan fingerprint density at radius 2 is 2.22 bits per heavy atom. The van der Waals surface area contributed by atoms with Crippen molar-refractivity contribution in [2.75, 3.05) is 0 Å². The Morgan fingerprint density at radius 1 is 1.33 bits per heavy atom. The lowest BCUT2D eigenvalue weighted by Gasteiger charge is -2.26. The summed E-state index contributed by atoms with van der Waals surface area (Å²) >= 11 is 0. The highest BCUT2D eigenvalue weighted by molar-refractivity contribution is 5.00. The molecular weight excluding hydrogens is 138 g/mol. The van der Waals surface area contributed by atoms with E-state index in [0.717, 1.165) is 0 Å². The summed E-state index contributed by atoms with van der Waals surface area (Å²) in [6.45, 7) is 0. The predicted molar refractivity (Wildman–Crippen MR) is 29.0 cm³/mol. The second-order valence-electron chi connectivity index (χ2n) is 2.44. The van der Waals surface area contributed by atoms with E-state index in [1.54, 1.807) is 0 Å². The van der Waals surface area contributed by atoms with E-state index in [1.807, 2.05) is 5.48 Å². The Hall–Kier alpha value is -0.0500. The zero-order valence-corrected chi connectivity index (χ0v) is 5.84. The molecule has 9 heavy (non-hydrogen) atoms. The third-order valence-corrected chi connectivity index (χ3v) is 1.79. The summed E-state index contributed by atoms with van der Waals surface area (Å²) in [7, 11) is 0. The molecule has 0 aromatic heterocycles. The molecule has 3 rings (SSSR count). The molecule has 3 aliphatic rings. The van der Waals surface area contributed by atoms with Crippen LogP contribution in [-0.4, -0.2) is 12.1 Å². The van der Waals surface area contributed by atoms with E-state index in [9.17, 15) is 0 Å². The summed E-state index contributed by atoms with van der Waals surface area (Å²) in [5, 5.41) is 0. The molecule has 0 unspecified atom stereocenters. The van der Waals surface area contributed by atoms with Crippen molar-refractivity contribution in [3.63, 3.8) is 0 Å². The van der Waals surface area contributed by atoms with Gasteiger partial charge in [-0.1, -0.05) is 0 Å². The molecule has 0 aromatic rings. The lowest BCUT2D eigenvalue weighted by atomic mass is 10.00. The SMILES string of the molecule is C1=C[C@H]2CC[C@@H]1O[NH2+]2.[Cl-]. The molecule has 0 amide bonds. The van der Waals surface area contributed by atoms with Crippen molar-refractivity contribution >= 4 is 0 Å². The fraction of sp³-hybridized carbons (Fsp3) is 0.667. The fourth-order valence-electron chi connectivity index (χ4n) is 1.24. The summed E-state index contributed by atoms with van der Waals surface area (Å²) in [5.41, 5.74) is 1.95. The van der Waals surface area contributed by atoms with Gasteiger partial charge in [0.2, 0.25) is 0 Å². The van der Waals surface area contributed by atoms with Crippen molar-refractivity contribution in [2.45, 2.75) is 25.0 Å². The number of hydroxylamine groups is 1. The smallest absolute Gasteiger partial charge is 0.135 e. The van der Waals surface area contributed by atoms with Crippen molar-refractivity contribution in [2.24, 2.45) is 0 Å². The minimum absolute atomic E-state index is 0. The summed E-state index contributed by atoms with van der Waals surface area (Å²) in [4.78, 5) is 5.27. The second-order valence-corrected chi connectivity index (χ2v) is 2.44. The van der Waals surface area contributed by atoms with Gasteiger partial charge in [0.15, 0.2) is 0 Å². The summed E-state index contributed by atoms with van der Waals surface area (Å²) in [6.07, 6.45) is 7.32. The summed E-state index contributed by atoms with van der Waals surface area (Å²) in [6, 6.07) is 0.625. The molecular formula is C6H10ClNO. The number of hydrogen-bond acceptors (Lipinski definition) is 1. The minimum atomic E-state index is 0. The number of fused-ring (bicyclic) bond motifs is 2. The molecule has 2 nitrogen and oxygen atoms in total. The topological polar surface area (TPSA) is 25.8 Å². The van der Waals surface area contributed by atoms with Gasteiger partial charge in [0.05, 0.1) is 0 Å². The van der Waals surface area contributed by atoms with E-state index in [-0.39, 0.29) is 12.4 Å². The van der Waals surface area contributed by atoms with E-state index in [1.165, 1.54) is 12.8 Å². The van der Waals surface area contributed by atoms with Crippen LogP contribution in [-0.2, 0) is 4.84 Å². The van der Waals surface area contributed by atoms with Crippen LogP contribution in [0, 0.1) is 0 Å². The maximum atomic E-state index is 5.27. The van der Waals surface area contributed by atoms with Crippen molar-refractivity contribution < 1.29 is 22.7 Å². The zero-order chi connectivity index (χ0) is 5.40.